The second-order valence-corrected chi connectivity index (χ2v) is 8.89. The fourth-order valence-electron chi connectivity index (χ4n) is 3.77. The molecule has 0 unspecified atom stereocenters. The molecule has 1 saturated carbocycles. The molecule has 0 radical (unpaired) electrons. The van der Waals surface area contributed by atoms with Crippen LogP contribution in [0.4, 0.5) is 5.69 Å². The standard InChI is InChI=1S/C20H26N2O3S/c1-4-25-18-8-6-5-7-17(18)22-13-16-19(20(16,2)3)14-9-11-15(12-10-14)26(21,23)24/h5-12,16,19,22H,4,13H2,1-3H3,(H2,21,23,24)/t16-,19-/m0/s1. The Kier molecular flexibility index (Phi) is 4.99. The SMILES string of the molecule is CCOc1ccccc1NC[C@H]1[C@H](c2ccc(S(N)(=O)=O)cc2)C1(C)C. The van der Waals surface area contributed by atoms with Gasteiger partial charge in [-0.1, -0.05) is 38.1 Å². The van der Waals surface area contributed by atoms with Gasteiger partial charge in [0.15, 0.2) is 0 Å². The van der Waals surface area contributed by atoms with Crippen LogP contribution in [0.1, 0.15) is 32.3 Å². The van der Waals surface area contributed by atoms with Gasteiger partial charge in [0.2, 0.25) is 10.0 Å². The Balaban J connectivity index is 1.71. The molecule has 2 atom stereocenters. The van der Waals surface area contributed by atoms with Gasteiger partial charge in [-0.2, -0.15) is 0 Å². The molecule has 1 aliphatic rings. The number of hydrogen-bond acceptors (Lipinski definition) is 4. The maximum atomic E-state index is 11.4. The molecule has 0 aromatic heterocycles. The summed E-state index contributed by atoms with van der Waals surface area (Å²) >= 11 is 0. The van der Waals surface area contributed by atoms with Gasteiger partial charge < -0.3 is 10.1 Å². The van der Waals surface area contributed by atoms with Gasteiger partial charge in [-0.3, -0.25) is 0 Å². The molecule has 2 aromatic rings. The van der Waals surface area contributed by atoms with Gasteiger partial charge in [0, 0.05) is 6.54 Å². The summed E-state index contributed by atoms with van der Waals surface area (Å²) in [4.78, 5) is 0.153. The molecular formula is C20H26N2O3S. The van der Waals surface area contributed by atoms with Crippen molar-refractivity contribution in [2.24, 2.45) is 16.5 Å². The molecule has 5 nitrogen and oxygen atoms in total. The Morgan fingerprint density at radius 3 is 2.38 bits per heavy atom. The van der Waals surface area contributed by atoms with E-state index in [-0.39, 0.29) is 10.3 Å². The molecule has 26 heavy (non-hydrogen) atoms. The summed E-state index contributed by atoms with van der Waals surface area (Å²) in [6.07, 6.45) is 0. The third-order valence-electron chi connectivity index (χ3n) is 5.32. The minimum atomic E-state index is -3.65. The average Bonchev–Trinajstić information content (AvgIpc) is 3.14. The van der Waals surface area contributed by atoms with E-state index in [1.165, 1.54) is 0 Å². The number of sulfonamides is 1. The van der Waals surface area contributed by atoms with Crippen molar-refractivity contribution in [1.82, 2.24) is 0 Å². The lowest BCUT2D eigenvalue weighted by Gasteiger charge is -2.12. The summed E-state index contributed by atoms with van der Waals surface area (Å²) in [5, 5.41) is 8.69. The van der Waals surface area contributed by atoms with Crippen molar-refractivity contribution in [3.8, 4) is 5.75 Å². The number of benzene rings is 2. The normalized spacial score (nSPS) is 21.2. The first-order valence-corrected chi connectivity index (χ1v) is 10.4. The molecule has 140 valence electrons. The number of anilines is 1. The van der Waals surface area contributed by atoms with Gasteiger partial charge in [0.1, 0.15) is 5.75 Å². The summed E-state index contributed by atoms with van der Waals surface area (Å²) < 4.78 is 28.5. The summed E-state index contributed by atoms with van der Waals surface area (Å²) in [5.74, 6) is 1.70. The van der Waals surface area contributed by atoms with Crippen molar-refractivity contribution in [1.29, 1.82) is 0 Å². The van der Waals surface area contributed by atoms with E-state index >= 15 is 0 Å². The first-order chi connectivity index (χ1) is 12.2. The van der Waals surface area contributed by atoms with Crippen LogP contribution in [0, 0.1) is 11.3 Å². The van der Waals surface area contributed by atoms with E-state index in [1.807, 2.05) is 43.3 Å². The molecule has 2 aromatic carbocycles. The number of rotatable bonds is 7. The highest BCUT2D eigenvalue weighted by molar-refractivity contribution is 7.89. The monoisotopic (exact) mass is 374 g/mol. The number of ether oxygens (including phenoxy) is 1. The first kappa shape index (κ1) is 18.7. The highest BCUT2D eigenvalue weighted by atomic mass is 32.2. The van der Waals surface area contributed by atoms with Crippen LogP contribution in [-0.2, 0) is 10.0 Å². The van der Waals surface area contributed by atoms with Crippen molar-refractivity contribution in [2.75, 3.05) is 18.5 Å². The molecule has 0 aliphatic heterocycles. The topological polar surface area (TPSA) is 81.4 Å². The average molecular weight is 375 g/mol. The van der Waals surface area contributed by atoms with Crippen molar-refractivity contribution in [2.45, 2.75) is 31.6 Å². The Bertz CT molecular complexity index is 876. The summed E-state index contributed by atoms with van der Waals surface area (Å²) in [5.41, 5.74) is 2.30. The van der Waals surface area contributed by atoms with Crippen molar-refractivity contribution < 1.29 is 13.2 Å². The number of primary sulfonamides is 1. The number of para-hydroxylation sites is 2. The van der Waals surface area contributed by atoms with Crippen LogP contribution in [0.2, 0.25) is 0 Å². The van der Waals surface area contributed by atoms with Crippen LogP contribution in [0.5, 0.6) is 5.75 Å². The zero-order chi connectivity index (χ0) is 18.9. The van der Waals surface area contributed by atoms with Crippen LogP contribution < -0.4 is 15.2 Å². The van der Waals surface area contributed by atoms with E-state index in [4.69, 9.17) is 9.88 Å². The first-order valence-electron chi connectivity index (χ1n) is 8.83. The van der Waals surface area contributed by atoms with Crippen LogP contribution in [-0.4, -0.2) is 21.6 Å². The zero-order valence-electron chi connectivity index (χ0n) is 15.4. The lowest BCUT2D eigenvalue weighted by molar-refractivity contribution is 0.341. The molecule has 0 saturated heterocycles. The Hall–Kier alpha value is -2.05. The Labute approximate surface area is 155 Å². The van der Waals surface area contributed by atoms with Gasteiger partial charge in [-0.15, -0.1) is 0 Å². The predicted molar refractivity (Wildman–Crippen MR) is 104 cm³/mol. The largest absolute Gasteiger partial charge is 0.492 e. The molecule has 6 heteroatoms. The smallest absolute Gasteiger partial charge is 0.238 e. The Morgan fingerprint density at radius 1 is 1.12 bits per heavy atom. The second-order valence-electron chi connectivity index (χ2n) is 7.33. The molecule has 0 amide bonds. The summed E-state index contributed by atoms with van der Waals surface area (Å²) in [7, 11) is -3.65. The van der Waals surface area contributed by atoms with E-state index in [1.54, 1.807) is 12.1 Å². The third-order valence-corrected chi connectivity index (χ3v) is 6.25. The molecular weight excluding hydrogens is 348 g/mol. The summed E-state index contributed by atoms with van der Waals surface area (Å²) in [6, 6.07) is 14.9. The van der Waals surface area contributed by atoms with Gasteiger partial charge >= 0.3 is 0 Å². The number of nitrogens with one attached hydrogen (secondary N) is 1. The summed E-state index contributed by atoms with van der Waals surface area (Å²) in [6.45, 7) is 7.92. The molecule has 3 rings (SSSR count). The van der Waals surface area contributed by atoms with E-state index in [2.05, 4.69) is 19.2 Å². The van der Waals surface area contributed by atoms with Gasteiger partial charge in [-0.25, -0.2) is 13.6 Å². The molecule has 1 fully saturated rings. The van der Waals surface area contributed by atoms with Crippen molar-refractivity contribution in [3.63, 3.8) is 0 Å². The molecule has 0 bridgehead atoms. The highest BCUT2D eigenvalue weighted by Gasteiger charge is 2.57. The maximum Gasteiger partial charge on any atom is 0.238 e. The van der Waals surface area contributed by atoms with Crippen LogP contribution >= 0.6 is 0 Å². The second kappa shape index (κ2) is 6.93. The predicted octanol–water partition coefficient (Wildman–Crippen LogP) is 3.58. The third kappa shape index (κ3) is 3.71. The minimum absolute atomic E-state index is 0.149. The molecule has 0 heterocycles. The van der Waals surface area contributed by atoms with E-state index in [0.29, 0.717) is 18.4 Å². The van der Waals surface area contributed by atoms with Crippen LogP contribution in [0.25, 0.3) is 0 Å². The van der Waals surface area contributed by atoms with E-state index < -0.39 is 10.0 Å². The highest BCUT2D eigenvalue weighted by Crippen LogP contribution is 2.64. The Morgan fingerprint density at radius 2 is 1.77 bits per heavy atom. The van der Waals surface area contributed by atoms with Crippen LogP contribution in [0.15, 0.2) is 53.4 Å². The zero-order valence-corrected chi connectivity index (χ0v) is 16.2. The lowest BCUT2D eigenvalue weighted by atomic mass is 10.0. The molecule has 1 aliphatic carbocycles. The molecule has 3 N–H and O–H groups in total. The number of nitrogens with two attached hydrogens (primary N) is 1. The van der Waals surface area contributed by atoms with E-state index in [9.17, 15) is 8.42 Å². The maximum absolute atomic E-state index is 11.4. The quantitative estimate of drug-likeness (QED) is 0.776. The van der Waals surface area contributed by atoms with Gasteiger partial charge in [-0.05, 0) is 54.0 Å². The fraction of sp³-hybridized carbons (Fsp3) is 0.400. The van der Waals surface area contributed by atoms with Gasteiger partial charge in [0.25, 0.3) is 0 Å². The fourth-order valence-corrected chi connectivity index (χ4v) is 4.28. The van der Waals surface area contributed by atoms with Crippen molar-refractivity contribution >= 4 is 15.7 Å². The molecule has 0 spiro atoms. The lowest BCUT2D eigenvalue weighted by Crippen LogP contribution is -2.11. The van der Waals surface area contributed by atoms with Gasteiger partial charge in [0.05, 0.1) is 17.2 Å². The van der Waals surface area contributed by atoms with Crippen LogP contribution in [0.3, 0.4) is 0 Å². The minimum Gasteiger partial charge on any atom is -0.492 e. The van der Waals surface area contributed by atoms with Crippen molar-refractivity contribution in [3.05, 3.63) is 54.1 Å². The van der Waals surface area contributed by atoms with E-state index in [0.717, 1.165) is 23.5 Å². The number of hydrogen-bond donors (Lipinski definition) is 2.